The number of nitro groups is 1. The quantitative estimate of drug-likeness (QED) is 0.184. The number of amides is 1. The highest BCUT2D eigenvalue weighted by atomic mass is 32.1. The lowest BCUT2D eigenvalue weighted by Crippen LogP contribution is -2.29. The van der Waals surface area contributed by atoms with Gasteiger partial charge in [0.05, 0.1) is 16.7 Å². The van der Waals surface area contributed by atoms with Gasteiger partial charge < -0.3 is 24.7 Å². The van der Waals surface area contributed by atoms with Crippen molar-refractivity contribution in [2.75, 3.05) is 23.9 Å². The SMILES string of the molecule is COCC(=O)Nc1ccc(N2C(=S)N[C@@H](c3ccccn3)[C@H]2c2ccc(-c3cccc([N+](=O)[O-])c3)o2)cc1. The molecule has 192 valence electrons. The van der Waals surface area contributed by atoms with Gasteiger partial charge in [0.2, 0.25) is 5.91 Å². The fraction of sp³-hybridized carbons (Fsp3) is 0.148. The van der Waals surface area contributed by atoms with E-state index in [9.17, 15) is 14.9 Å². The van der Waals surface area contributed by atoms with E-state index in [1.165, 1.54) is 19.2 Å². The molecule has 5 rings (SSSR count). The first kappa shape index (κ1) is 25.1. The first-order valence-corrected chi connectivity index (χ1v) is 12.1. The summed E-state index contributed by atoms with van der Waals surface area (Å²) in [7, 11) is 1.46. The minimum Gasteiger partial charge on any atom is -0.459 e. The molecule has 0 saturated carbocycles. The number of nitrogens with one attached hydrogen (secondary N) is 2. The van der Waals surface area contributed by atoms with E-state index in [0.717, 1.165) is 11.4 Å². The predicted octanol–water partition coefficient (Wildman–Crippen LogP) is 5.01. The number of hydrogen-bond acceptors (Lipinski definition) is 7. The number of anilines is 2. The number of aromatic nitrogens is 1. The lowest BCUT2D eigenvalue weighted by Gasteiger charge is -2.26. The summed E-state index contributed by atoms with van der Waals surface area (Å²) in [5, 5.41) is 17.9. The van der Waals surface area contributed by atoms with E-state index in [1.807, 2.05) is 41.3 Å². The van der Waals surface area contributed by atoms with Crippen molar-refractivity contribution in [3.05, 3.63) is 107 Å². The van der Waals surface area contributed by atoms with Crippen molar-refractivity contribution < 1.29 is 18.9 Å². The number of rotatable bonds is 8. The Labute approximate surface area is 223 Å². The third-order valence-electron chi connectivity index (χ3n) is 6.06. The monoisotopic (exact) mass is 529 g/mol. The number of ether oxygens (including phenoxy) is 1. The molecule has 1 aliphatic rings. The van der Waals surface area contributed by atoms with Crippen molar-refractivity contribution >= 4 is 40.3 Å². The Morgan fingerprint density at radius 1 is 1.16 bits per heavy atom. The van der Waals surface area contributed by atoms with E-state index in [-0.39, 0.29) is 24.2 Å². The van der Waals surface area contributed by atoms with Gasteiger partial charge in [-0.05, 0) is 60.7 Å². The third-order valence-corrected chi connectivity index (χ3v) is 6.38. The van der Waals surface area contributed by atoms with E-state index in [2.05, 4.69) is 15.6 Å². The Morgan fingerprint density at radius 2 is 1.97 bits per heavy atom. The van der Waals surface area contributed by atoms with Gasteiger partial charge in [-0.25, -0.2) is 0 Å². The molecule has 1 fully saturated rings. The van der Waals surface area contributed by atoms with Crippen LogP contribution in [0.25, 0.3) is 11.3 Å². The highest BCUT2D eigenvalue weighted by molar-refractivity contribution is 7.80. The van der Waals surface area contributed by atoms with Crippen LogP contribution in [0.1, 0.15) is 23.5 Å². The zero-order valence-electron chi connectivity index (χ0n) is 20.2. The van der Waals surface area contributed by atoms with Crippen molar-refractivity contribution in [2.24, 2.45) is 0 Å². The highest BCUT2D eigenvalue weighted by Crippen LogP contribution is 2.43. The molecule has 11 heteroatoms. The van der Waals surface area contributed by atoms with E-state index >= 15 is 0 Å². The molecule has 1 aliphatic heterocycles. The topological polar surface area (TPSA) is 123 Å². The molecule has 0 spiro atoms. The number of non-ortho nitro benzene ring substituents is 1. The maximum Gasteiger partial charge on any atom is 0.270 e. The summed E-state index contributed by atoms with van der Waals surface area (Å²) in [6, 6.07) is 22.1. The largest absolute Gasteiger partial charge is 0.459 e. The zero-order chi connectivity index (χ0) is 26.6. The van der Waals surface area contributed by atoms with Crippen LogP contribution in [0, 0.1) is 10.1 Å². The van der Waals surface area contributed by atoms with Gasteiger partial charge in [0.1, 0.15) is 24.2 Å². The van der Waals surface area contributed by atoms with Crippen LogP contribution in [0.3, 0.4) is 0 Å². The predicted molar refractivity (Wildman–Crippen MR) is 146 cm³/mol. The van der Waals surface area contributed by atoms with Gasteiger partial charge in [0.25, 0.3) is 5.69 Å². The number of furan rings is 1. The van der Waals surface area contributed by atoms with Crippen LogP contribution in [0.2, 0.25) is 0 Å². The number of pyridine rings is 1. The van der Waals surface area contributed by atoms with Gasteiger partial charge in [-0.2, -0.15) is 0 Å². The van der Waals surface area contributed by atoms with Crippen molar-refractivity contribution in [2.45, 2.75) is 12.1 Å². The summed E-state index contributed by atoms with van der Waals surface area (Å²) in [6.07, 6.45) is 1.72. The average Bonchev–Trinajstić information content (AvgIpc) is 3.54. The maximum atomic E-state index is 11.9. The molecule has 2 N–H and O–H groups in total. The molecule has 1 amide bonds. The second kappa shape index (κ2) is 10.8. The number of carbonyl (C=O) groups excluding carboxylic acids is 1. The van der Waals surface area contributed by atoms with Crippen LogP contribution in [-0.4, -0.2) is 34.6 Å². The number of nitrogens with zero attached hydrogens (tertiary/aromatic N) is 3. The Hall–Kier alpha value is -4.61. The number of carbonyl (C=O) groups is 1. The molecule has 0 radical (unpaired) electrons. The average molecular weight is 530 g/mol. The second-order valence-electron chi connectivity index (χ2n) is 8.53. The van der Waals surface area contributed by atoms with E-state index in [4.69, 9.17) is 21.4 Å². The summed E-state index contributed by atoms with van der Waals surface area (Å²) in [5.74, 6) is 0.848. The first-order chi connectivity index (χ1) is 18.4. The molecule has 10 nitrogen and oxygen atoms in total. The van der Waals surface area contributed by atoms with Crippen molar-refractivity contribution in [1.82, 2.24) is 10.3 Å². The van der Waals surface area contributed by atoms with Gasteiger partial charge in [-0.1, -0.05) is 18.2 Å². The molecule has 3 heterocycles. The summed E-state index contributed by atoms with van der Waals surface area (Å²) in [5.41, 5.74) is 2.76. The summed E-state index contributed by atoms with van der Waals surface area (Å²) in [4.78, 5) is 29.2. The van der Waals surface area contributed by atoms with E-state index < -0.39 is 11.0 Å². The second-order valence-corrected chi connectivity index (χ2v) is 8.92. The van der Waals surface area contributed by atoms with Gasteiger partial charge in [0, 0.05) is 42.4 Å². The van der Waals surface area contributed by atoms with Crippen LogP contribution in [-0.2, 0) is 9.53 Å². The third kappa shape index (κ3) is 5.10. The molecule has 1 saturated heterocycles. The molecule has 2 aromatic carbocycles. The minimum absolute atomic E-state index is 0.0187. The van der Waals surface area contributed by atoms with E-state index in [0.29, 0.717) is 27.9 Å². The molecule has 0 unspecified atom stereocenters. The van der Waals surface area contributed by atoms with Crippen LogP contribution >= 0.6 is 12.2 Å². The van der Waals surface area contributed by atoms with Crippen molar-refractivity contribution in [3.63, 3.8) is 0 Å². The molecule has 2 aromatic heterocycles. The van der Waals surface area contributed by atoms with Gasteiger partial charge in [-0.15, -0.1) is 0 Å². The molecule has 38 heavy (non-hydrogen) atoms. The summed E-state index contributed by atoms with van der Waals surface area (Å²) >= 11 is 5.74. The fourth-order valence-corrected chi connectivity index (χ4v) is 4.74. The highest BCUT2D eigenvalue weighted by Gasteiger charge is 2.42. The number of benzene rings is 2. The number of methoxy groups -OCH3 is 1. The fourth-order valence-electron chi connectivity index (χ4n) is 4.40. The van der Waals surface area contributed by atoms with Crippen LogP contribution in [0.5, 0.6) is 0 Å². The number of nitro benzene ring substituents is 1. The van der Waals surface area contributed by atoms with Gasteiger partial charge >= 0.3 is 0 Å². The van der Waals surface area contributed by atoms with Crippen LogP contribution in [0.4, 0.5) is 17.1 Å². The lowest BCUT2D eigenvalue weighted by molar-refractivity contribution is -0.384. The van der Waals surface area contributed by atoms with Crippen molar-refractivity contribution in [3.8, 4) is 11.3 Å². The Morgan fingerprint density at radius 3 is 2.68 bits per heavy atom. The normalized spacial score (nSPS) is 16.8. The molecular formula is C27H23N5O5S. The van der Waals surface area contributed by atoms with E-state index in [1.54, 1.807) is 36.5 Å². The van der Waals surface area contributed by atoms with Gasteiger partial charge in [-0.3, -0.25) is 19.9 Å². The van der Waals surface area contributed by atoms with Crippen LogP contribution in [0.15, 0.2) is 89.5 Å². The van der Waals surface area contributed by atoms with Crippen molar-refractivity contribution in [1.29, 1.82) is 0 Å². The molecular weight excluding hydrogens is 506 g/mol. The smallest absolute Gasteiger partial charge is 0.270 e. The number of hydrogen-bond donors (Lipinski definition) is 2. The standard InChI is InChI=1S/C27H23N5O5S/c1-36-16-24(33)29-18-8-10-19(11-9-18)31-26(25(30-27(31)38)21-7-2-3-14-28-21)23-13-12-22(37-23)17-5-4-6-20(15-17)32(34)35/h2-15,25-26H,16H2,1H3,(H,29,33)(H,30,38)/t25-,26+/m0/s1. The lowest BCUT2D eigenvalue weighted by atomic mass is 10.0. The maximum absolute atomic E-state index is 11.9. The molecule has 4 aromatic rings. The van der Waals surface area contributed by atoms with Gasteiger partial charge in [0.15, 0.2) is 5.11 Å². The zero-order valence-corrected chi connectivity index (χ0v) is 21.1. The minimum atomic E-state index is -0.438. The Bertz CT molecular complexity index is 1470. The van der Waals surface area contributed by atoms with Crippen LogP contribution < -0.4 is 15.5 Å². The summed E-state index contributed by atoms with van der Waals surface area (Å²) < 4.78 is 11.1. The first-order valence-electron chi connectivity index (χ1n) is 11.7. The Balaban J connectivity index is 1.51. The number of thiocarbonyl (C=S) groups is 1. The Kier molecular flexibility index (Phi) is 7.11. The molecule has 2 atom stereocenters. The summed E-state index contributed by atoms with van der Waals surface area (Å²) in [6.45, 7) is -0.0406. The molecule has 0 bridgehead atoms. The molecule has 0 aliphatic carbocycles.